The molecule has 0 bridgehead atoms. The van der Waals surface area contributed by atoms with E-state index in [0.717, 1.165) is 38.6 Å². The van der Waals surface area contributed by atoms with E-state index in [1.807, 2.05) is 59.2 Å². The molecule has 1 amide bonds. The number of carbonyl (C=O) groups is 1. The van der Waals surface area contributed by atoms with Gasteiger partial charge in [0.15, 0.2) is 5.16 Å². The lowest BCUT2D eigenvalue weighted by Gasteiger charge is -2.13. The van der Waals surface area contributed by atoms with Gasteiger partial charge < -0.3 is 10.1 Å². The lowest BCUT2D eigenvalue weighted by Crippen LogP contribution is -2.23. The maximum absolute atomic E-state index is 12.6. The fourth-order valence-corrected chi connectivity index (χ4v) is 5.48. The van der Waals surface area contributed by atoms with E-state index in [1.165, 1.54) is 23.1 Å². The van der Waals surface area contributed by atoms with Crippen molar-refractivity contribution in [1.82, 2.24) is 30.0 Å². The Bertz CT molecular complexity index is 1470. The molecule has 0 saturated carbocycles. The van der Waals surface area contributed by atoms with Crippen molar-refractivity contribution in [2.75, 3.05) is 7.11 Å². The first kappa shape index (κ1) is 24.7. The third-order valence-electron chi connectivity index (χ3n) is 5.52. The van der Waals surface area contributed by atoms with Crippen LogP contribution in [0, 0.1) is 0 Å². The van der Waals surface area contributed by atoms with Crippen LogP contribution in [0.15, 0.2) is 89.7 Å². The van der Waals surface area contributed by atoms with Gasteiger partial charge in [-0.2, -0.15) is 0 Å². The number of carbonyl (C=O) groups excluding carboxylic acids is 1. The van der Waals surface area contributed by atoms with Crippen molar-refractivity contribution < 1.29 is 9.53 Å². The van der Waals surface area contributed by atoms with E-state index >= 15 is 0 Å². The Hall–Kier alpha value is -4.02. The SMILES string of the molecule is COc1ccccc1-n1c(Cc2ccccc2)nnc1SCc1nc(C(=O)NCc2cccnc2)cs1. The van der Waals surface area contributed by atoms with Gasteiger partial charge >= 0.3 is 0 Å². The molecule has 186 valence electrons. The summed E-state index contributed by atoms with van der Waals surface area (Å²) in [6.45, 7) is 0.403. The predicted molar refractivity (Wildman–Crippen MR) is 144 cm³/mol. The minimum absolute atomic E-state index is 0.210. The highest BCUT2D eigenvalue weighted by molar-refractivity contribution is 7.98. The molecular formula is C27H24N6O2S2. The molecule has 0 saturated heterocycles. The zero-order valence-electron chi connectivity index (χ0n) is 20.1. The molecule has 0 aliphatic heterocycles. The van der Waals surface area contributed by atoms with Crippen LogP contribution in [0.5, 0.6) is 5.75 Å². The standard InChI is InChI=1S/C27H24N6O2S2/c1-35-23-12-6-5-11-22(23)33-24(14-19-8-3-2-4-9-19)31-32-27(33)37-18-25-30-21(17-36-25)26(34)29-16-20-10-7-13-28-15-20/h2-13,15,17H,14,16,18H2,1H3,(H,29,34). The normalized spacial score (nSPS) is 10.8. The zero-order chi connectivity index (χ0) is 25.5. The van der Waals surface area contributed by atoms with E-state index in [1.54, 1.807) is 24.9 Å². The number of benzene rings is 2. The molecule has 0 fully saturated rings. The first-order valence-electron chi connectivity index (χ1n) is 11.6. The van der Waals surface area contributed by atoms with Crippen LogP contribution < -0.4 is 10.1 Å². The van der Waals surface area contributed by atoms with Crippen molar-refractivity contribution in [1.29, 1.82) is 0 Å². The highest BCUT2D eigenvalue weighted by atomic mass is 32.2. The molecule has 0 aliphatic carbocycles. The van der Waals surface area contributed by atoms with E-state index in [9.17, 15) is 4.79 Å². The summed E-state index contributed by atoms with van der Waals surface area (Å²) in [5, 5.41) is 15.2. The number of amides is 1. The zero-order valence-corrected chi connectivity index (χ0v) is 21.7. The van der Waals surface area contributed by atoms with Crippen molar-refractivity contribution >= 4 is 29.0 Å². The van der Waals surface area contributed by atoms with Crippen LogP contribution in [0.1, 0.15) is 32.4 Å². The summed E-state index contributed by atoms with van der Waals surface area (Å²) in [5.41, 5.74) is 3.35. The van der Waals surface area contributed by atoms with Crippen LogP contribution in [0.3, 0.4) is 0 Å². The van der Waals surface area contributed by atoms with Gasteiger partial charge in [0.05, 0.1) is 18.6 Å². The molecule has 2 aromatic carbocycles. The molecule has 8 nitrogen and oxygen atoms in total. The maximum atomic E-state index is 12.6. The number of nitrogens with zero attached hydrogens (tertiary/aromatic N) is 5. The van der Waals surface area contributed by atoms with Crippen LogP contribution in [0.4, 0.5) is 0 Å². The topological polar surface area (TPSA) is 94.8 Å². The first-order valence-corrected chi connectivity index (χ1v) is 13.4. The Kier molecular flexibility index (Phi) is 7.87. The Morgan fingerprint density at radius 3 is 2.65 bits per heavy atom. The number of thioether (sulfide) groups is 1. The molecule has 0 spiro atoms. The molecule has 0 radical (unpaired) electrons. The summed E-state index contributed by atoms with van der Waals surface area (Å²) in [4.78, 5) is 21.2. The number of nitrogens with one attached hydrogen (secondary N) is 1. The summed E-state index contributed by atoms with van der Waals surface area (Å²) in [6.07, 6.45) is 4.06. The summed E-state index contributed by atoms with van der Waals surface area (Å²) < 4.78 is 7.67. The van der Waals surface area contributed by atoms with Gasteiger partial charge in [-0.15, -0.1) is 21.5 Å². The second-order valence-corrected chi connectivity index (χ2v) is 9.91. The van der Waals surface area contributed by atoms with Gasteiger partial charge in [-0.3, -0.25) is 14.3 Å². The third-order valence-corrected chi connectivity index (χ3v) is 7.49. The number of hydrogen-bond acceptors (Lipinski definition) is 8. The molecule has 5 aromatic rings. The molecule has 37 heavy (non-hydrogen) atoms. The molecular weight excluding hydrogens is 504 g/mol. The number of para-hydroxylation sites is 2. The minimum Gasteiger partial charge on any atom is -0.495 e. The molecule has 5 rings (SSSR count). The van der Waals surface area contributed by atoms with Gasteiger partial charge in [0.25, 0.3) is 5.91 Å². The van der Waals surface area contributed by atoms with Crippen LogP contribution in [0.25, 0.3) is 5.69 Å². The maximum Gasteiger partial charge on any atom is 0.271 e. The highest BCUT2D eigenvalue weighted by Gasteiger charge is 2.19. The predicted octanol–water partition coefficient (Wildman–Crippen LogP) is 4.94. The first-order chi connectivity index (χ1) is 18.2. The van der Waals surface area contributed by atoms with Crippen molar-refractivity contribution in [2.24, 2.45) is 0 Å². The van der Waals surface area contributed by atoms with E-state index < -0.39 is 0 Å². The average molecular weight is 529 g/mol. The molecule has 0 aliphatic rings. The number of hydrogen-bond donors (Lipinski definition) is 1. The summed E-state index contributed by atoms with van der Waals surface area (Å²) in [6, 6.07) is 21.8. The van der Waals surface area contributed by atoms with E-state index in [-0.39, 0.29) is 5.91 Å². The summed E-state index contributed by atoms with van der Waals surface area (Å²) >= 11 is 2.97. The fourth-order valence-electron chi connectivity index (χ4n) is 3.73. The van der Waals surface area contributed by atoms with Crippen molar-refractivity contribution in [3.8, 4) is 11.4 Å². The van der Waals surface area contributed by atoms with Crippen LogP contribution in [-0.4, -0.2) is 37.7 Å². The number of rotatable bonds is 10. The quantitative estimate of drug-likeness (QED) is 0.257. The van der Waals surface area contributed by atoms with Crippen LogP contribution in [-0.2, 0) is 18.7 Å². The van der Waals surface area contributed by atoms with E-state index in [4.69, 9.17) is 4.74 Å². The second-order valence-electron chi connectivity index (χ2n) is 8.03. The Morgan fingerprint density at radius 2 is 1.84 bits per heavy atom. The van der Waals surface area contributed by atoms with Crippen LogP contribution >= 0.6 is 23.1 Å². The second kappa shape index (κ2) is 11.8. The molecule has 0 atom stereocenters. The van der Waals surface area contributed by atoms with Gasteiger partial charge in [0, 0.05) is 30.7 Å². The van der Waals surface area contributed by atoms with Crippen molar-refractivity contribution in [2.45, 2.75) is 23.9 Å². The number of aromatic nitrogens is 5. The van der Waals surface area contributed by atoms with Crippen LogP contribution in [0.2, 0.25) is 0 Å². The highest BCUT2D eigenvalue weighted by Crippen LogP contribution is 2.31. The molecule has 3 aromatic heterocycles. The van der Waals surface area contributed by atoms with Crippen molar-refractivity contribution in [3.05, 3.63) is 112 Å². The van der Waals surface area contributed by atoms with Gasteiger partial charge in [-0.25, -0.2) is 4.98 Å². The fraction of sp³-hybridized carbons (Fsp3) is 0.148. The van der Waals surface area contributed by atoms with E-state index in [2.05, 4.69) is 37.6 Å². The number of thiazole rings is 1. The Balaban J connectivity index is 1.33. The Labute approximate surface area is 222 Å². The molecule has 10 heteroatoms. The van der Waals surface area contributed by atoms with Gasteiger partial charge in [0.2, 0.25) is 0 Å². The summed E-state index contributed by atoms with van der Waals surface area (Å²) in [5.74, 6) is 1.89. The smallest absolute Gasteiger partial charge is 0.271 e. The van der Waals surface area contributed by atoms with E-state index in [0.29, 0.717) is 24.4 Å². The monoisotopic (exact) mass is 528 g/mol. The third kappa shape index (κ3) is 6.04. The molecule has 3 heterocycles. The lowest BCUT2D eigenvalue weighted by atomic mass is 10.1. The van der Waals surface area contributed by atoms with Crippen molar-refractivity contribution in [3.63, 3.8) is 0 Å². The largest absolute Gasteiger partial charge is 0.495 e. The lowest BCUT2D eigenvalue weighted by molar-refractivity contribution is 0.0946. The number of methoxy groups -OCH3 is 1. The summed E-state index contributed by atoms with van der Waals surface area (Å²) in [7, 11) is 1.66. The number of ether oxygens (including phenoxy) is 1. The van der Waals surface area contributed by atoms with Gasteiger partial charge in [-0.05, 0) is 29.3 Å². The van der Waals surface area contributed by atoms with Gasteiger partial charge in [-0.1, -0.05) is 60.3 Å². The Morgan fingerprint density at radius 1 is 1.03 bits per heavy atom. The number of pyridine rings is 1. The molecule has 0 unspecified atom stereocenters. The molecule has 1 N–H and O–H groups in total. The van der Waals surface area contributed by atoms with Gasteiger partial charge in [0.1, 0.15) is 22.3 Å². The average Bonchev–Trinajstić information content (AvgIpc) is 3.59. The minimum atomic E-state index is -0.210.